The minimum absolute atomic E-state index is 0.203. The Kier molecular flexibility index (Phi) is 4.67. The van der Waals surface area contributed by atoms with Crippen molar-refractivity contribution in [1.82, 2.24) is 14.7 Å². The Labute approximate surface area is 174 Å². The van der Waals surface area contributed by atoms with Gasteiger partial charge in [0.15, 0.2) is 15.5 Å². The molecule has 0 radical (unpaired) electrons. The van der Waals surface area contributed by atoms with Gasteiger partial charge >= 0.3 is 0 Å². The lowest BCUT2D eigenvalue weighted by Gasteiger charge is -2.21. The average molecular weight is 423 g/mol. The number of hydrogen-bond acceptors (Lipinski definition) is 5. The van der Waals surface area contributed by atoms with Gasteiger partial charge in [-0.3, -0.25) is 4.79 Å². The molecular weight excluding hydrogens is 402 g/mol. The molecule has 0 spiro atoms. The van der Waals surface area contributed by atoms with E-state index in [0.717, 1.165) is 12.1 Å². The molecule has 8 heteroatoms. The maximum atomic E-state index is 13.4. The summed E-state index contributed by atoms with van der Waals surface area (Å²) >= 11 is 0. The van der Waals surface area contributed by atoms with Crippen molar-refractivity contribution < 1.29 is 17.9 Å². The predicted molar refractivity (Wildman–Crippen MR) is 111 cm³/mol. The smallest absolute Gasteiger partial charge is 0.274 e. The lowest BCUT2D eigenvalue weighted by atomic mass is 10.0. The van der Waals surface area contributed by atoms with Gasteiger partial charge in [-0.25, -0.2) is 13.1 Å². The fourth-order valence-corrected chi connectivity index (χ4v) is 5.69. The van der Waals surface area contributed by atoms with Crippen LogP contribution in [0.5, 0.6) is 0 Å². The second-order valence-corrected chi connectivity index (χ2v) is 9.39. The van der Waals surface area contributed by atoms with E-state index in [0.29, 0.717) is 43.1 Å². The highest BCUT2D eigenvalue weighted by molar-refractivity contribution is 7.90. The summed E-state index contributed by atoms with van der Waals surface area (Å²) in [5.74, 6) is -0.488. The molecule has 2 aliphatic rings. The maximum Gasteiger partial charge on any atom is 0.274 e. The number of para-hydroxylation sites is 1. The van der Waals surface area contributed by atoms with Crippen LogP contribution in [0.2, 0.25) is 0 Å². The Morgan fingerprint density at radius 3 is 2.57 bits per heavy atom. The molecule has 154 valence electrons. The number of benzene rings is 2. The summed E-state index contributed by atoms with van der Waals surface area (Å²) in [4.78, 5) is 15.4. The third kappa shape index (κ3) is 3.12. The van der Waals surface area contributed by atoms with E-state index in [9.17, 15) is 13.2 Å². The van der Waals surface area contributed by atoms with Gasteiger partial charge in [0.1, 0.15) is 0 Å². The van der Waals surface area contributed by atoms with Crippen molar-refractivity contribution in [3.05, 3.63) is 65.9 Å². The molecule has 3 heterocycles. The number of nitrogens with zero attached hydrogens (tertiary/aromatic N) is 3. The van der Waals surface area contributed by atoms with E-state index in [-0.39, 0.29) is 22.2 Å². The van der Waals surface area contributed by atoms with E-state index in [1.165, 1.54) is 0 Å². The second-order valence-electron chi connectivity index (χ2n) is 7.44. The molecule has 0 bridgehead atoms. The van der Waals surface area contributed by atoms with Crippen LogP contribution in [-0.4, -0.2) is 55.3 Å². The molecule has 1 aromatic heterocycles. The first kappa shape index (κ1) is 19.0. The predicted octanol–water partition coefficient (Wildman–Crippen LogP) is 2.69. The van der Waals surface area contributed by atoms with Crippen LogP contribution in [0.4, 0.5) is 0 Å². The molecule has 0 atom stereocenters. The highest BCUT2D eigenvalue weighted by Crippen LogP contribution is 2.40. The van der Waals surface area contributed by atoms with Crippen LogP contribution in [0, 0.1) is 0 Å². The number of rotatable bonds is 2. The highest BCUT2D eigenvalue weighted by Gasteiger charge is 2.37. The number of fused-ring (bicyclic) bond motifs is 3. The summed E-state index contributed by atoms with van der Waals surface area (Å²) in [5.41, 5.74) is 2.69. The van der Waals surface area contributed by atoms with Crippen molar-refractivity contribution >= 4 is 15.7 Å². The van der Waals surface area contributed by atoms with Crippen LogP contribution in [-0.2, 0) is 20.3 Å². The molecule has 0 unspecified atom stereocenters. The number of amides is 1. The van der Waals surface area contributed by atoms with Gasteiger partial charge in [-0.2, -0.15) is 5.10 Å². The molecule has 5 rings (SSSR count). The quantitative estimate of drug-likeness (QED) is 0.633. The molecule has 2 aromatic carbocycles. The lowest BCUT2D eigenvalue weighted by molar-refractivity contribution is 0.0734. The number of carbonyl (C=O) groups is 1. The zero-order chi connectivity index (χ0) is 20.7. The summed E-state index contributed by atoms with van der Waals surface area (Å²) in [5, 5.41) is 4.65. The lowest BCUT2D eigenvalue weighted by Crippen LogP contribution is -2.34. The van der Waals surface area contributed by atoms with Gasteiger partial charge in [0.25, 0.3) is 5.91 Å². The van der Waals surface area contributed by atoms with Crippen molar-refractivity contribution in [2.24, 2.45) is 0 Å². The van der Waals surface area contributed by atoms with E-state index in [1.807, 2.05) is 30.3 Å². The molecule has 0 saturated carbocycles. The van der Waals surface area contributed by atoms with Gasteiger partial charge in [-0.15, -0.1) is 0 Å². The van der Waals surface area contributed by atoms with Crippen molar-refractivity contribution in [3.8, 4) is 16.9 Å². The number of sulfone groups is 1. The molecule has 0 N–H and O–H groups in total. The van der Waals surface area contributed by atoms with Crippen molar-refractivity contribution in [2.75, 3.05) is 26.3 Å². The van der Waals surface area contributed by atoms with Crippen molar-refractivity contribution in [2.45, 2.75) is 17.1 Å². The molecule has 2 aliphatic heterocycles. The summed E-state index contributed by atoms with van der Waals surface area (Å²) in [6.45, 7) is 2.11. The van der Waals surface area contributed by atoms with Gasteiger partial charge < -0.3 is 9.64 Å². The maximum absolute atomic E-state index is 13.4. The summed E-state index contributed by atoms with van der Waals surface area (Å²) < 4.78 is 33.2. The van der Waals surface area contributed by atoms with Crippen molar-refractivity contribution in [3.63, 3.8) is 0 Å². The van der Waals surface area contributed by atoms with Crippen LogP contribution in [0.15, 0.2) is 59.5 Å². The number of hydrogen-bond donors (Lipinski definition) is 0. The first-order chi connectivity index (χ1) is 14.6. The third-order valence-electron chi connectivity index (χ3n) is 5.51. The van der Waals surface area contributed by atoms with Gasteiger partial charge in [0.05, 0.1) is 28.6 Å². The molecule has 1 saturated heterocycles. The highest BCUT2D eigenvalue weighted by atomic mass is 32.2. The van der Waals surface area contributed by atoms with Crippen LogP contribution < -0.4 is 0 Å². The van der Waals surface area contributed by atoms with Gasteiger partial charge in [-0.1, -0.05) is 36.4 Å². The molecule has 1 fully saturated rings. The summed E-state index contributed by atoms with van der Waals surface area (Å²) in [7, 11) is -3.57. The zero-order valence-corrected chi connectivity index (χ0v) is 17.1. The largest absolute Gasteiger partial charge is 0.380 e. The Morgan fingerprint density at radius 1 is 0.967 bits per heavy atom. The second kappa shape index (κ2) is 7.37. The molecular formula is C22H21N3O4S. The van der Waals surface area contributed by atoms with E-state index >= 15 is 0 Å². The van der Waals surface area contributed by atoms with E-state index in [1.54, 1.807) is 33.8 Å². The van der Waals surface area contributed by atoms with Crippen LogP contribution in [0.25, 0.3) is 16.9 Å². The van der Waals surface area contributed by atoms with E-state index < -0.39 is 9.84 Å². The van der Waals surface area contributed by atoms with Gasteiger partial charge in [0.2, 0.25) is 0 Å². The average Bonchev–Trinajstić information content (AvgIpc) is 2.93. The fourth-order valence-electron chi connectivity index (χ4n) is 4.09. The minimum atomic E-state index is -3.57. The number of carbonyl (C=O) groups excluding carboxylic acids is 1. The van der Waals surface area contributed by atoms with E-state index in [2.05, 4.69) is 5.10 Å². The van der Waals surface area contributed by atoms with Gasteiger partial charge in [-0.05, 0) is 24.6 Å². The Balaban J connectivity index is 1.73. The summed E-state index contributed by atoms with van der Waals surface area (Å²) in [6, 6.07) is 16.4. The van der Waals surface area contributed by atoms with Crippen LogP contribution in [0.1, 0.15) is 22.5 Å². The molecule has 0 aliphatic carbocycles. The topological polar surface area (TPSA) is 81.5 Å². The normalized spacial score (nSPS) is 17.7. The number of aromatic nitrogens is 2. The molecule has 30 heavy (non-hydrogen) atoms. The standard InChI is InChI=1S/C22H21N3O4S/c26-22(24-11-6-13-29-14-12-24)20-18-15-30(27,28)19-10-5-4-9-17(19)21(18)25(23-20)16-7-2-1-3-8-16/h1-5,7-10H,6,11-15H2. The Bertz CT molecular complexity index is 1210. The van der Waals surface area contributed by atoms with Crippen LogP contribution >= 0.6 is 0 Å². The Hall–Kier alpha value is -2.97. The summed E-state index contributed by atoms with van der Waals surface area (Å²) in [6.07, 6.45) is 0.745. The van der Waals surface area contributed by atoms with Gasteiger partial charge in [0, 0.05) is 30.8 Å². The Morgan fingerprint density at radius 2 is 1.73 bits per heavy atom. The minimum Gasteiger partial charge on any atom is -0.380 e. The molecule has 3 aromatic rings. The van der Waals surface area contributed by atoms with Crippen molar-refractivity contribution in [1.29, 1.82) is 0 Å². The monoisotopic (exact) mass is 423 g/mol. The first-order valence-corrected chi connectivity index (χ1v) is 11.6. The molecule has 1 amide bonds. The fraction of sp³-hybridized carbons (Fsp3) is 0.273. The first-order valence-electron chi connectivity index (χ1n) is 9.93. The number of ether oxygens (including phenoxy) is 1. The van der Waals surface area contributed by atoms with Crippen LogP contribution in [0.3, 0.4) is 0 Å². The third-order valence-corrected chi connectivity index (χ3v) is 7.20. The molecule has 7 nitrogen and oxygen atoms in total. The van der Waals surface area contributed by atoms with E-state index in [4.69, 9.17) is 4.74 Å². The zero-order valence-electron chi connectivity index (χ0n) is 16.3. The SMILES string of the molecule is O=C(c1nn(-c2ccccc2)c2c1CS(=O)(=O)c1ccccc1-2)N1CCCOCC1.